The summed E-state index contributed by atoms with van der Waals surface area (Å²) in [7, 11) is 0. The summed E-state index contributed by atoms with van der Waals surface area (Å²) in [5.74, 6) is -0.192. The predicted octanol–water partition coefficient (Wildman–Crippen LogP) is 3.07. The highest BCUT2D eigenvalue weighted by Crippen LogP contribution is 2.39. The molecule has 98 valence electrons. The Labute approximate surface area is 118 Å². The molecule has 6 heteroatoms. The SMILES string of the molecule is CCOC(=O)C1=C(Cl)C2CC=C(O)CC2N=C1Br. The van der Waals surface area contributed by atoms with E-state index in [4.69, 9.17) is 16.3 Å². The van der Waals surface area contributed by atoms with Crippen LogP contribution in [0.25, 0.3) is 0 Å². The molecule has 1 aliphatic carbocycles. The zero-order valence-corrected chi connectivity index (χ0v) is 12.2. The van der Waals surface area contributed by atoms with Crippen LogP contribution < -0.4 is 0 Å². The van der Waals surface area contributed by atoms with Crippen molar-refractivity contribution in [3.05, 3.63) is 22.4 Å². The summed E-state index contributed by atoms with van der Waals surface area (Å²) in [6.07, 6.45) is 2.76. The first-order valence-electron chi connectivity index (χ1n) is 5.73. The van der Waals surface area contributed by atoms with E-state index < -0.39 is 5.97 Å². The second kappa shape index (κ2) is 5.45. The van der Waals surface area contributed by atoms with Gasteiger partial charge in [-0.15, -0.1) is 0 Å². The normalized spacial score (nSPS) is 27.3. The first-order chi connectivity index (χ1) is 8.54. The van der Waals surface area contributed by atoms with Gasteiger partial charge in [0.1, 0.15) is 10.2 Å². The van der Waals surface area contributed by atoms with Gasteiger partial charge in [-0.3, -0.25) is 4.99 Å². The average Bonchev–Trinajstić information content (AvgIpc) is 2.28. The highest BCUT2D eigenvalue weighted by Gasteiger charge is 2.36. The topological polar surface area (TPSA) is 58.9 Å². The van der Waals surface area contributed by atoms with Crippen LogP contribution in [0.3, 0.4) is 0 Å². The molecule has 0 fully saturated rings. The number of dihydropyridines is 1. The molecule has 0 spiro atoms. The van der Waals surface area contributed by atoms with Gasteiger partial charge in [-0.1, -0.05) is 11.6 Å². The van der Waals surface area contributed by atoms with Crippen molar-refractivity contribution in [1.82, 2.24) is 0 Å². The standard InChI is InChI=1S/C12H13BrClNO3/c1-2-18-12(17)9-10(14)7-4-3-6(16)5-8(7)15-11(9)13/h3,7-8,16H,2,4-5H2,1H3. The number of ether oxygens (including phenoxy) is 1. The molecular weight excluding hydrogens is 321 g/mol. The average molecular weight is 335 g/mol. The van der Waals surface area contributed by atoms with Crippen molar-refractivity contribution in [2.75, 3.05) is 6.61 Å². The minimum atomic E-state index is -0.463. The number of carbonyl (C=O) groups is 1. The summed E-state index contributed by atoms with van der Waals surface area (Å²) in [5, 5.41) is 9.97. The maximum Gasteiger partial charge on any atom is 0.342 e. The maximum absolute atomic E-state index is 11.8. The van der Waals surface area contributed by atoms with Crippen LogP contribution in [-0.4, -0.2) is 28.3 Å². The van der Waals surface area contributed by atoms with Crippen molar-refractivity contribution < 1.29 is 14.6 Å². The zero-order chi connectivity index (χ0) is 13.3. The van der Waals surface area contributed by atoms with Gasteiger partial charge in [-0.25, -0.2) is 4.79 Å². The smallest absolute Gasteiger partial charge is 0.342 e. The maximum atomic E-state index is 11.8. The molecule has 2 unspecified atom stereocenters. The number of carbonyl (C=O) groups excluding carboxylic acids is 1. The molecule has 0 amide bonds. The monoisotopic (exact) mass is 333 g/mol. The number of halogens is 2. The lowest BCUT2D eigenvalue weighted by molar-refractivity contribution is -0.137. The van der Waals surface area contributed by atoms with Gasteiger partial charge in [0.05, 0.1) is 18.4 Å². The third-order valence-electron chi connectivity index (χ3n) is 3.02. The Kier molecular flexibility index (Phi) is 4.12. The van der Waals surface area contributed by atoms with E-state index in [1.807, 2.05) is 0 Å². The van der Waals surface area contributed by atoms with Crippen LogP contribution in [0.2, 0.25) is 0 Å². The first-order valence-corrected chi connectivity index (χ1v) is 6.90. The number of aliphatic imine (C=N–C) groups is 1. The number of aliphatic hydroxyl groups excluding tert-OH is 1. The van der Waals surface area contributed by atoms with E-state index in [-0.39, 0.29) is 12.0 Å². The Morgan fingerprint density at radius 1 is 1.72 bits per heavy atom. The summed E-state index contributed by atoms with van der Waals surface area (Å²) in [6.45, 7) is 2.03. The van der Waals surface area contributed by atoms with E-state index in [9.17, 15) is 9.90 Å². The van der Waals surface area contributed by atoms with E-state index >= 15 is 0 Å². The van der Waals surface area contributed by atoms with Gasteiger partial charge < -0.3 is 9.84 Å². The third-order valence-corrected chi connectivity index (χ3v) is 4.09. The highest BCUT2D eigenvalue weighted by molar-refractivity contribution is 9.18. The molecule has 0 saturated carbocycles. The number of nitrogens with zero attached hydrogens (tertiary/aromatic N) is 1. The molecule has 1 N–H and O–H groups in total. The molecule has 0 aromatic heterocycles. The molecule has 2 aliphatic rings. The number of esters is 1. The highest BCUT2D eigenvalue weighted by atomic mass is 79.9. The number of aliphatic hydroxyl groups is 1. The molecule has 1 aliphatic heterocycles. The van der Waals surface area contributed by atoms with Gasteiger partial charge in [-0.2, -0.15) is 0 Å². The van der Waals surface area contributed by atoms with Crippen LogP contribution in [0.4, 0.5) is 0 Å². The van der Waals surface area contributed by atoms with Gasteiger partial charge in [0.15, 0.2) is 0 Å². The van der Waals surface area contributed by atoms with Crippen LogP contribution in [0.15, 0.2) is 27.4 Å². The number of fused-ring (bicyclic) bond motifs is 1. The molecule has 0 bridgehead atoms. The van der Waals surface area contributed by atoms with Crippen LogP contribution in [-0.2, 0) is 9.53 Å². The molecular formula is C12H13BrClNO3. The molecule has 1 heterocycles. The zero-order valence-electron chi connectivity index (χ0n) is 9.82. The van der Waals surface area contributed by atoms with E-state index in [0.29, 0.717) is 40.4 Å². The fourth-order valence-corrected chi connectivity index (χ4v) is 3.30. The summed E-state index contributed by atoms with van der Waals surface area (Å²) < 4.78 is 5.37. The predicted molar refractivity (Wildman–Crippen MR) is 73.1 cm³/mol. The van der Waals surface area contributed by atoms with Crippen LogP contribution >= 0.6 is 27.5 Å². The third kappa shape index (κ3) is 2.47. The number of allylic oxidation sites excluding steroid dienone is 1. The van der Waals surface area contributed by atoms with Gasteiger partial charge in [0.25, 0.3) is 0 Å². The van der Waals surface area contributed by atoms with E-state index in [2.05, 4.69) is 20.9 Å². The fourth-order valence-electron chi connectivity index (χ4n) is 2.15. The molecule has 0 aromatic rings. The Hall–Kier alpha value is -0.810. The van der Waals surface area contributed by atoms with Crippen molar-refractivity contribution in [3.8, 4) is 0 Å². The molecule has 0 saturated heterocycles. The molecule has 0 radical (unpaired) electrons. The first kappa shape index (κ1) is 13.6. The second-order valence-electron chi connectivity index (χ2n) is 4.17. The van der Waals surface area contributed by atoms with Crippen molar-refractivity contribution in [3.63, 3.8) is 0 Å². The lowest BCUT2D eigenvalue weighted by atomic mass is 9.85. The largest absolute Gasteiger partial charge is 0.513 e. The fraction of sp³-hybridized carbons (Fsp3) is 0.500. The molecule has 4 nitrogen and oxygen atoms in total. The van der Waals surface area contributed by atoms with Crippen LogP contribution in [0, 0.1) is 5.92 Å². The Bertz CT molecular complexity index is 470. The molecule has 2 rings (SSSR count). The summed E-state index contributed by atoms with van der Waals surface area (Å²) in [6, 6.07) is -0.116. The number of rotatable bonds is 2. The van der Waals surface area contributed by atoms with Gasteiger partial charge >= 0.3 is 5.97 Å². The van der Waals surface area contributed by atoms with E-state index in [1.165, 1.54) is 0 Å². The summed E-state index contributed by atoms with van der Waals surface area (Å²) in [4.78, 5) is 16.2. The van der Waals surface area contributed by atoms with Gasteiger partial charge in [-0.05, 0) is 35.4 Å². The summed E-state index contributed by atoms with van der Waals surface area (Å²) >= 11 is 9.54. The Balaban J connectivity index is 2.33. The van der Waals surface area contributed by atoms with Crippen molar-refractivity contribution in [2.45, 2.75) is 25.8 Å². The number of hydrogen-bond acceptors (Lipinski definition) is 4. The lowest BCUT2D eigenvalue weighted by Gasteiger charge is -2.31. The molecule has 2 atom stereocenters. The second-order valence-corrected chi connectivity index (χ2v) is 5.33. The van der Waals surface area contributed by atoms with Crippen molar-refractivity contribution >= 4 is 38.1 Å². The number of hydrogen-bond donors (Lipinski definition) is 1. The lowest BCUT2D eigenvalue weighted by Crippen LogP contribution is -2.31. The Morgan fingerprint density at radius 3 is 3.11 bits per heavy atom. The van der Waals surface area contributed by atoms with Crippen LogP contribution in [0.1, 0.15) is 19.8 Å². The van der Waals surface area contributed by atoms with E-state index in [1.54, 1.807) is 13.0 Å². The minimum Gasteiger partial charge on any atom is -0.513 e. The van der Waals surface area contributed by atoms with Crippen LogP contribution in [0.5, 0.6) is 0 Å². The van der Waals surface area contributed by atoms with E-state index in [0.717, 1.165) is 0 Å². The quantitative estimate of drug-likeness (QED) is 0.790. The molecule has 0 aromatic carbocycles. The summed E-state index contributed by atoms with van der Waals surface area (Å²) in [5.41, 5.74) is 0.301. The van der Waals surface area contributed by atoms with Gasteiger partial charge in [0.2, 0.25) is 0 Å². The molecule has 18 heavy (non-hydrogen) atoms. The van der Waals surface area contributed by atoms with Crippen molar-refractivity contribution in [1.29, 1.82) is 0 Å². The minimum absolute atomic E-state index is 0.0525. The Morgan fingerprint density at radius 2 is 2.44 bits per heavy atom. The van der Waals surface area contributed by atoms with Gasteiger partial charge in [0, 0.05) is 17.4 Å². The van der Waals surface area contributed by atoms with Crippen molar-refractivity contribution in [2.24, 2.45) is 10.9 Å².